The molecule has 0 heterocycles. The van der Waals surface area contributed by atoms with Gasteiger partial charge in [0.1, 0.15) is 27.8 Å². The molecule has 0 N–H and O–H groups in total. The maximum atomic E-state index is 13.3. The van der Waals surface area contributed by atoms with Crippen molar-refractivity contribution in [2.45, 2.75) is 4.90 Å². The summed E-state index contributed by atoms with van der Waals surface area (Å²) in [5.74, 6) is -13.6. The van der Waals surface area contributed by atoms with E-state index in [0.29, 0.717) is 5.56 Å². The van der Waals surface area contributed by atoms with Gasteiger partial charge in [0.15, 0.2) is 28.1 Å². The molecule has 0 spiro atoms. The van der Waals surface area contributed by atoms with E-state index in [1.54, 1.807) is 6.26 Å². The molecule has 0 radical (unpaired) electrons. The van der Waals surface area contributed by atoms with E-state index in [1.807, 2.05) is 78.9 Å². The maximum absolute atomic E-state index is 13.3. The first-order valence-corrected chi connectivity index (χ1v) is 14.0. The van der Waals surface area contributed by atoms with Gasteiger partial charge < -0.3 is 12.9 Å². The molecule has 0 aliphatic carbocycles. The molecule has 1 unspecified atom stereocenters. The molecule has 41 heavy (non-hydrogen) atoms. The summed E-state index contributed by atoms with van der Waals surface area (Å²) in [6.07, 6.45) is 1.67. The van der Waals surface area contributed by atoms with Crippen LogP contribution in [-0.4, -0.2) is 24.8 Å². The molecule has 0 aliphatic heterocycles. The van der Waals surface area contributed by atoms with Gasteiger partial charge in [-0.2, -0.15) is 0 Å². The molecule has 2 nitrogen and oxygen atoms in total. The lowest BCUT2D eigenvalue weighted by Crippen LogP contribution is -2.41. The number of benzene rings is 5. The van der Waals surface area contributed by atoms with Gasteiger partial charge in [0.05, 0.1) is 0 Å². The molecular formula is C29H19BF8O2S. The van der Waals surface area contributed by atoms with Crippen molar-refractivity contribution < 1.29 is 43.9 Å². The van der Waals surface area contributed by atoms with Gasteiger partial charge in [0, 0.05) is 5.56 Å². The van der Waals surface area contributed by atoms with Crippen LogP contribution in [0.3, 0.4) is 0 Å². The molecule has 0 fully saturated rings. The average molecular weight is 594 g/mol. The van der Waals surface area contributed by atoms with Gasteiger partial charge in [0.25, 0.3) is 0 Å². The lowest BCUT2D eigenvalue weighted by atomic mass is 9.79. The Morgan fingerprint density at radius 1 is 0.659 bits per heavy atom. The van der Waals surface area contributed by atoms with Crippen molar-refractivity contribution in [1.82, 2.24) is 0 Å². The van der Waals surface area contributed by atoms with Crippen LogP contribution in [0.4, 0.5) is 34.9 Å². The Labute approximate surface area is 230 Å². The average Bonchev–Trinajstić information content (AvgIpc) is 2.93. The summed E-state index contributed by atoms with van der Waals surface area (Å²) >= 11 is 0. The summed E-state index contributed by atoms with van der Waals surface area (Å²) in [5, 5.41) is 3.88. The summed E-state index contributed by atoms with van der Waals surface area (Å²) < 4.78 is 111. The first kappa shape index (κ1) is 29.9. The standard InChI is InChI=1S/C23H19O2S.C6BF8/c1-26(25,19-11-3-2-4-12-19)16-22(24)23-20-13-7-5-9-17(20)15-18-10-6-8-14-21(18)23;8-2-1(7(13,14)15)3(9)5(11)6(12)4(2)10/h2-15H,16H2,1H3;/q+1;-1. The van der Waals surface area contributed by atoms with Gasteiger partial charge in [0.2, 0.25) is 5.78 Å². The Morgan fingerprint density at radius 2 is 1.07 bits per heavy atom. The third-order valence-corrected chi connectivity index (χ3v) is 8.35. The zero-order valence-electron chi connectivity index (χ0n) is 21.1. The van der Waals surface area contributed by atoms with E-state index in [4.69, 9.17) is 0 Å². The summed E-state index contributed by atoms with van der Waals surface area (Å²) in [6.45, 7) is -6.30. The zero-order chi connectivity index (χ0) is 30.1. The van der Waals surface area contributed by atoms with Crippen LogP contribution in [0, 0.1) is 29.1 Å². The molecule has 212 valence electrons. The van der Waals surface area contributed by atoms with Crippen molar-refractivity contribution in [1.29, 1.82) is 0 Å². The Hall–Kier alpha value is -4.06. The minimum atomic E-state index is -6.30. The van der Waals surface area contributed by atoms with Crippen LogP contribution in [0.15, 0.2) is 89.8 Å². The Balaban J connectivity index is 0.000000221. The number of rotatable bonds is 5. The SMILES string of the molecule is C[S+](=O)(CC(=O)c1c2ccccc2cc2ccccc12)c1ccccc1.Fc1c(F)c(F)c([B-](F)(F)F)c(F)c1F. The molecule has 0 bridgehead atoms. The second kappa shape index (κ2) is 11.4. The van der Waals surface area contributed by atoms with Gasteiger partial charge in [-0.25, -0.2) is 22.0 Å². The molecule has 1 atom stereocenters. The fourth-order valence-electron chi connectivity index (χ4n) is 4.34. The van der Waals surface area contributed by atoms with Crippen molar-refractivity contribution in [3.05, 3.63) is 120 Å². The van der Waals surface area contributed by atoms with Crippen LogP contribution < -0.4 is 5.46 Å². The second-order valence-corrected chi connectivity index (χ2v) is 11.9. The smallest absolute Gasteiger partial charge is 0.445 e. The molecule has 0 amide bonds. The number of hydrogen-bond acceptors (Lipinski definition) is 2. The summed E-state index contributed by atoms with van der Waals surface area (Å²) in [6, 6.07) is 27.1. The largest absolute Gasteiger partial charge is 0.515 e. The highest BCUT2D eigenvalue weighted by atomic mass is 32.2. The molecule has 5 aromatic carbocycles. The van der Waals surface area contributed by atoms with Crippen LogP contribution in [-0.2, 0) is 14.1 Å². The lowest BCUT2D eigenvalue weighted by molar-refractivity contribution is 0.102. The second-order valence-electron chi connectivity index (χ2n) is 9.14. The lowest BCUT2D eigenvalue weighted by Gasteiger charge is -2.17. The minimum absolute atomic E-state index is 0.00894. The van der Waals surface area contributed by atoms with Gasteiger partial charge in [-0.05, 0) is 45.2 Å². The Morgan fingerprint density at radius 3 is 1.54 bits per heavy atom. The predicted molar refractivity (Wildman–Crippen MR) is 144 cm³/mol. The van der Waals surface area contributed by atoms with Gasteiger partial charge in [-0.1, -0.05) is 70.9 Å². The monoisotopic (exact) mass is 594 g/mol. The highest BCUT2D eigenvalue weighted by molar-refractivity contribution is 8.03. The third kappa shape index (κ3) is 6.02. The summed E-state index contributed by atoms with van der Waals surface area (Å²) in [7, 11) is -2.44. The van der Waals surface area contributed by atoms with E-state index in [0.717, 1.165) is 26.4 Å². The fraction of sp³-hybridized carbons (Fsp3) is 0.0690. The summed E-state index contributed by atoms with van der Waals surface area (Å²) in [5.41, 5.74) is -2.06. The van der Waals surface area contributed by atoms with Crippen molar-refractivity contribution in [3.63, 3.8) is 0 Å². The zero-order valence-corrected chi connectivity index (χ0v) is 21.9. The molecule has 5 aromatic rings. The number of ketones is 1. The van der Waals surface area contributed by atoms with E-state index in [1.165, 1.54) is 0 Å². The highest BCUT2D eigenvalue weighted by Crippen LogP contribution is 2.30. The van der Waals surface area contributed by atoms with E-state index >= 15 is 0 Å². The van der Waals surface area contributed by atoms with E-state index in [2.05, 4.69) is 6.07 Å². The Kier molecular flexibility index (Phi) is 8.35. The summed E-state index contributed by atoms with van der Waals surface area (Å²) in [4.78, 5) is 14.0. The van der Waals surface area contributed by atoms with Gasteiger partial charge in [-0.3, -0.25) is 4.79 Å². The normalized spacial score (nSPS) is 13.0. The van der Waals surface area contributed by atoms with Gasteiger partial charge in [-0.15, -0.1) is 0 Å². The number of halogens is 8. The van der Waals surface area contributed by atoms with Gasteiger partial charge >= 0.3 is 6.98 Å². The maximum Gasteiger partial charge on any atom is 0.515 e. The van der Waals surface area contributed by atoms with E-state index < -0.39 is 51.5 Å². The number of Topliss-reactive ketones (excluding diaryl/α,β-unsaturated/α-hetero) is 1. The molecular weight excluding hydrogens is 575 g/mol. The highest BCUT2D eigenvalue weighted by Gasteiger charge is 2.38. The van der Waals surface area contributed by atoms with Crippen LogP contribution in [0.25, 0.3) is 21.5 Å². The van der Waals surface area contributed by atoms with Crippen molar-refractivity contribution in [2.75, 3.05) is 12.0 Å². The van der Waals surface area contributed by atoms with Crippen molar-refractivity contribution in [3.8, 4) is 0 Å². The van der Waals surface area contributed by atoms with Crippen LogP contribution in [0.5, 0.6) is 0 Å². The molecule has 5 rings (SSSR count). The third-order valence-electron chi connectivity index (χ3n) is 6.27. The predicted octanol–water partition coefficient (Wildman–Crippen LogP) is 7.80. The molecule has 0 saturated carbocycles. The number of carbonyl (C=O) groups excluding carboxylic acids is 1. The molecule has 0 aromatic heterocycles. The van der Waals surface area contributed by atoms with E-state index in [-0.39, 0.29) is 11.5 Å². The van der Waals surface area contributed by atoms with Crippen LogP contribution in [0.1, 0.15) is 10.4 Å². The fourth-order valence-corrected chi connectivity index (χ4v) is 5.88. The van der Waals surface area contributed by atoms with Crippen LogP contribution in [0.2, 0.25) is 0 Å². The number of carbonyl (C=O) groups is 1. The molecule has 12 heteroatoms. The topological polar surface area (TPSA) is 34.1 Å². The van der Waals surface area contributed by atoms with Crippen molar-refractivity contribution in [2.24, 2.45) is 0 Å². The van der Waals surface area contributed by atoms with Crippen LogP contribution >= 0.6 is 0 Å². The van der Waals surface area contributed by atoms with Crippen molar-refractivity contribution >= 4 is 49.7 Å². The molecule has 0 aliphatic rings. The number of hydrogen-bond donors (Lipinski definition) is 0. The quantitative estimate of drug-likeness (QED) is 0.0396. The van der Waals surface area contributed by atoms with E-state index in [9.17, 15) is 43.9 Å². The minimum Gasteiger partial charge on any atom is -0.445 e. The number of fused-ring (bicyclic) bond motifs is 2. The first-order valence-electron chi connectivity index (χ1n) is 11.9. The Bertz CT molecular complexity index is 1740. The molecule has 0 saturated heterocycles. The first-order chi connectivity index (χ1) is 19.2.